The number of aromatic nitrogens is 1. The van der Waals surface area contributed by atoms with Gasteiger partial charge in [0.1, 0.15) is 5.76 Å². The molecule has 0 aliphatic carbocycles. The van der Waals surface area contributed by atoms with Gasteiger partial charge in [-0.1, -0.05) is 19.0 Å². The van der Waals surface area contributed by atoms with Crippen molar-refractivity contribution in [2.45, 2.75) is 40.5 Å². The van der Waals surface area contributed by atoms with Crippen LogP contribution in [-0.4, -0.2) is 16.2 Å². The van der Waals surface area contributed by atoms with Crippen molar-refractivity contribution >= 4 is 5.97 Å². The second-order valence-electron chi connectivity index (χ2n) is 2.71. The normalized spacial score (nSPS) is 8.53. The van der Waals surface area contributed by atoms with Gasteiger partial charge < -0.3 is 9.63 Å². The first-order valence-corrected chi connectivity index (χ1v) is 4.75. The monoisotopic (exact) mass is 383 g/mol. The van der Waals surface area contributed by atoms with Crippen LogP contribution in [0.4, 0.5) is 0 Å². The van der Waals surface area contributed by atoms with Gasteiger partial charge in [0.05, 0.1) is 12.1 Å². The van der Waals surface area contributed by atoms with Crippen molar-refractivity contribution in [3.05, 3.63) is 17.0 Å². The van der Waals surface area contributed by atoms with Crippen LogP contribution in [0.15, 0.2) is 4.52 Å². The van der Waals surface area contributed by atoms with Crippen molar-refractivity contribution < 1.29 is 35.5 Å². The zero-order valence-corrected chi connectivity index (χ0v) is 12.5. The van der Waals surface area contributed by atoms with Crippen molar-refractivity contribution in [1.29, 1.82) is 0 Å². The van der Waals surface area contributed by atoms with Crippen LogP contribution in [0.2, 0.25) is 0 Å². The molecule has 0 fully saturated rings. The van der Waals surface area contributed by atoms with E-state index in [0.29, 0.717) is 12.2 Å². The predicted octanol–water partition coefficient (Wildman–Crippen LogP) is 2.33. The SMILES string of the molecule is CC.Cc1noc(CCC(=O)O)c1C.[W]. The summed E-state index contributed by atoms with van der Waals surface area (Å²) >= 11 is 0. The van der Waals surface area contributed by atoms with E-state index in [1.807, 2.05) is 27.7 Å². The largest absolute Gasteiger partial charge is 0.481 e. The maximum absolute atomic E-state index is 10.2. The molecule has 5 heteroatoms. The quantitative estimate of drug-likeness (QED) is 0.871. The molecule has 1 aromatic heterocycles. The summed E-state index contributed by atoms with van der Waals surface area (Å²) in [6, 6.07) is 0. The first kappa shape index (κ1) is 16.8. The number of aryl methyl sites for hydroxylation is 2. The van der Waals surface area contributed by atoms with Gasteiger partial charge in [-0.15, -0.1) is 0 Å². The van der Waals surface area contributed by atoms with Gasteiger partial charge in [-0.3, -0.25) is 4.79 Å². The summed E-state index contributed by atoms with van der Waals surface area (Å²) in [6.45, 7) is 7.71. The predicted molar refractivity (Wildman–Crippen MR) is 53.3 cm³/mol. The Morgan fingerprint density at radius 1 is 1.40 bits per heavy atom. The Morgan fingerprint density at radius 2 is 1.93 bits per heavy atom. The third-order valence-electron chi connectivity index (χ3n) is 1.82. The molecular formula is C10H17NO3W. The molecule has 0 atom stereocenters. The minimum atomic E-state index is -0.816. The van der Waals surface area contributed by atoms with Gasteiger partial charge in [0, 0.05) is 33.0 Å². The molecule has 0 amide bonds. The van der Waals surface area contributed by atoms with Gasteiger partial charge in [-0.2, -0.15) is 0 Å². The number of carboxylic acid groups (broad SMARTS) is 1. The minimum absolute atomic E-state index is 0. The molecule has 0 aromatic carbocycles. The van der Waals surface area contributed by atoms with Crippen molar-refractivity contribution in [2.75, 3.05) is 0 Å². The topological polar surface area (TPSA) is 63.3 Å². The van der Waals surface area contributed by atoms with Gasteiger partial charge in [-0.05, 0) is 13.8 Å². The van der Waals surface area contributed by atoms with E-state index >= 15 is 0 Å². The van der Waals surface area contributed by atoms with E-state index < -0.39 is 5.97 Å². The maximum Gasteiger partial charge on any atom is 0.303 e. The zero-order chi connectivity index (χ0) is 11.1. The van der Waals surface area contributed by atoms with E-state index in [1.165, 1.54) is 0 Å². The third kappa shape index (κ3) is 5.73. The van der Waals surface area contributed by atoms with Gasteiger partial charge in [0.15, 0.2) is 0 Å². The second-order valence-corrected chi connectivity index (χ2v) is 2.71. The van der Waals surface area contributed by atoms with E-state index in [2.05, 4.69) is 5.16 Å². The van der Waals surface area contributed by atoms with Crippen LogP contribution in [-0.2, 0) is 32.3 Å². The van der Waals surface area contributed by atoms with Gasteiger partial charge in [-0.25, -0.2) is 0 Å². The van der Waals surface area contributed by atoms with Crippen LogP contribution in [0.25, 0.3) is 0 Å². The molecule has 0 aliphatic heterocycles. The summed E-state index contributed by atoms with van der Waals surface area (Å²) in [5.74, 6) is -0.140. The fourth-order valence-corrected chi connectivity index (χ4v) is 0.916. The molecule has 1 rings (SSSR count). The van der Waals surface area contributed by atoms with Crippen LogP contribution in [0, 0.1) is 13.8 Å². The molecule has 0 saturated heterocycles. The van der Waals surface area contributed by atoms with Crippen LogP contribution >= 0.6 is 0 Å². The van der Waals surface area contributed by atoms with Crippen molar-refractivity contribution in [2.24, 2.45) is 0 Å². The summed E-state index contributed by atoms with van der Waals surface area (Å²) in [6.07, 6.45) is 0.511. The zero-order valence-electron chi connectivity index (χ0n) is 9.53. The van der Waals surface area contributed by atoms with E-state index in [-0.39, 0.29) is 27.5 Å². The molecule has 86 valence electrons. The van der Waals surface area contributed by atoms with E-state index in [4.69, 9.17) is 9.63 Å². The summed E-state index contributed by atoms with van der Waals surface area (Å²) in [4.78, 5) is 10.2. The number of aliphatic carboxylic acids is 1. The van der Waals surface area contributed by atoms with E-state index in [1.54, 1.807) is 0 Å². The molecule has 0 spiro atoms. The Labute approximate surface area is 104 Å². The summed E-state index contributed by atoms with van der Waals surface area (Å²) in [5, 5.41) is 12.1. The summed E-state index contributed by atoms with van der Waals surface area (Å²) < 4.78 is 4.93. The van der Waals surface area contributed by atoms with Crippen molar-refractivity contribution in [3.63, 3.8) is 0 Å². The molecule has 1 aromatic rings. The number of hydrogen-bond donors (Lipinski definition) is 1. The molecule has 4 nitrogen and oxygen atoms in total. The Balaban J connectivity index is 0. The Morgan fingerprint density at radius 3 is 2.27 bits per heavy atom. The summed E-state index contributed by atoms with van der Waals surface area (Å²) in [5.41, 5.74) is 1.78. The third-order valence-corrected chi connectivity index (χ3v) is 1.82. The molecule has 0 bridgehead atoms. The summed E-state index contributed by atoms with van der Waals surface area (Å²) in [7, 11) is 0. The van der Waals surface area contributed by atoms with Crippen molar-refractivity contribution in [3.8, 4) is 0 Å². The molecule has 1 N–H and O–H groups in total. The average molecular weight is 383 g/mol. The Hall–Kier alpha value is -0.632. The van der Waals surface area contributed by atoms with Gasteiger partial charge in [0.25, 0.3) is 0 Å². The number of hydrogen-bond acceptors (Lipinski definition) is 3. The standard InChI is InChI=1S/C8H11NO3.C2H6.W/c1-5-6(2)9-12-7(5)3-4-8(10)11;1-2;/h3-4H2,1-2H3,(H,10,11);1-2H3;. The fourth-order valence-electron chi connectivity index (χ4n) is 0.916. The average Bonchev–Trinajstić information content (AvgIpc) is 2.48. The van der Waals surface area contributed by atoms with Crippen LogP contribution < -0.4 is 0 Å². The molecule has 0 unspecified atom stereocenters. The molecule has 0 radical (unpaired) electrons. The number of carboxylic acids is 1. The van der Waals surface area contributed by atoms with E-state index in [0.717, 1.165) is 11.3 Å². The van der Waals surface area contributed by atoms with Gasteiger partial charge >= 0.3 is 5.97 Å². The molecular weight excluding hydrogens is 366 g/mol. The number of nitrogens with zero attached hydrogens (tertiary/aromatic N) is 1. The Kier molecular flexibility index (Phi) is 9.69. The first-order valence-electron chi connectivity index (χ1n) is 4.75. The second kappa shape index (κ2) is 8.66. The molecule has 0 saturated carbocycles. The maximum atomic E-state index is 10.2. The van der Waals surface area contributed by atoms with Gasteiger partial charge in [0.2, 0.25) is 0 Å². The first-order chi connectivity index (χ1) is 6.61. The molecule has 1 heterocycles. The Bertz CT molecular complexity index is 297. The fraction of sp³-hybridized carbons (Fsp3) is 0.600. The molecule has 15 heavy (non-hydrogen) atoms. The van der Waals surface area contributed by atoms with Crippen LogP contribution in [0.1, 0.15) is 37.3 Å². The molecule has 0 aliphatic rings. The van der Waals surface area contributed by atoms with E-state index in [9.17, 15) is 4.79 Å². The number of rotatable bonds is 3. The smallest absolute Gasteiger partial charge is 0.303 e. The van der Waals surface area contributed by atoms with Crippen molar-refractivity contribution in [1.82, 2.24) is 5.16 Å². The number of carbonyl (C=O) groups is 1. The van der Waals surface area contributed by atoms with Crippen LogP contribution in [0.3, 0.4) is 0 Å². The van der Waals surface area contributed by atoms with Crippen LogP contribution in [0.5, 0.6) is 0 Å². The minimum Gasteiger partial charge on any atom is -0.481 e.